The van der Waals surface area contributed by atoms with Crippen LogP contribution in [-0.2, 0) is 6.54 Å². The highest BCUT2D eigenvalue weighted by Gasteiger charge is 2.36. The Morgan fingerprint density at radius 3 is 2.52 bits per heavy atom. The molecule has 1 aliphatic heterocycles. The molecule has 0 saturated heterocycles. The molecule has 0 fully saturated rings. The van der Waals surface area contributed by atoms with E-state index in [1.54, 1.807) is 24.4 Å². The summed E-state index contributed by atoms with van der Waals surface area (Å²) in [7, 11) is 0. The SMILES string of the molecule is O=C(O)c1ccc2c(c1)C(=O)N(Cc1ccccn1)C2=O. The standard InChI is InChI=1S/C15H10N2O4/c18-13-11-5-4-9(15(20)21)7-12(11)14(19)17(13)8-10-3-1-2-6-16-10/h1-7H,8H2,(H,20,21). The molecule has 1 aromatic carbocycles. The number of aromatic nitrogens is 1. The summed E-state index contributed by atoms with van der Waals surface area (Å²) in [5, 5.41) is 8.95. The van der Waals surface area contributed by atoms with Crippen molar-refractivity contribution in [2.45, 2.75) is 6.54 Å². The first-order valence-electron chi connectivity index (χ1n) is 6.21. The van der Waals surface area contributed by atoms with Crippen molar-refractivity contribution >= 4 is 17.8 Å². The number of pyridine rings is 1. The second kappa shape index (κ2) is 4.82. The third-order valence-electron chi connectivity index (χ3n) is 3.26. The molecule has 0 spiro atoms. The average molecular weight is 282 g/mol. The zero-order valence-electron chi connectivity index (χ0n) is 10.8. The zero-order valence-corrected chi connectivity index (χ0v) is 10.8. The molecule has 0 radical (unpaired) electrons. The number of benzene rings is 1. The number of rotatable bonds is 3. The number of carbonyl (C=O) groups excluding carboxylic acids is 2. The quantitative estimate of drug-likeness (QED) is 0.863. The summed E-state index contributed by atoms with van der Waals surface area (Å²) in [4.78, 5) is 40.6. The fourth-order valence-corrected chi connectivity index (χ4v) is 2.22. The molecule has 0 saturated carbocycles. The highest BCUT2D eigenvalue weighted by atomic mass is 16.4. The smallest absolute Gasteiger partial charge is 0.335 e. The Labute approximate surface area is 119 Å². The molecule has 1 N–H and O–H groups in total. The summed E-state index contributed by atoms with van der Waals surface area (Å²) in [6, 6.07) is 9.14. The van der Waals surface area contributed by atoms with Gasteiger partial charge in [0.25, 0.3) is 11.8 Å². The fourth-order valence-electron chi connectivity index (χ4n) is 2.22. The summed E-state index contributed by atoms with van der Waals surface area (Å²) >= 11 is 0. The van der Waals surface area contributed by atoms with Gasteiger partial charge in [0.2, 0.25) is 0 Å². The number of nitrogens with zero attached hydrogens (tertiary/aromatic N) is 2. The lowest BCUT2D eigenvalue weighted by Gasteiger charge is -2.12. The van der Waals surface area contributed by atoms with E-state index in [0.29, 0.717) is 5.69 Å². The van der Waals surface area contributed by atoms with Gasteiger partial charge < -0.3 is 5.11 Å². The minimum atomic E-state index is -1.14. The molecule has 21 heavy (non-hydrogen) atoms. The minimum absolute atomic E-state index is 0.0189. The third-order valence-corrected chi connectivity index (χ3v) is 3.26. The first-order chi connectivity index (χ1) is 10.1. The summed E-state index contributed by atoms with van der Waals surface area (Å²) in [5.74, 6) is -2.07. The molecule has 0 atom stereocenters. The van der Waals surface area contributed by atoms with E-state index in [1.165, 1.54) is 18.2 Å². The zero-order chi connectivity index (χ0) is 15.0. The first kappa shape index (κ1) is 13.0. The van der Waals surface area contributed by atoms with Crippen LogP contribution in [0.3, 0.4) is 0 Å². The number of fused-ring (bicyclic) bond motifs is 1. The monoisotopic (exact) mass is 282 g/mol. The molecule has 0 aliphatic carbocycles. The van der Waals surface area contributed by atoms with E-state index in [1.807, 2.05) is 0 Å². The van der Waals surface area contributed by atoms with Crippen LogP contribution < -0.4 is 0 Å². The van der Waals surface area contributed by atoms with Crippen LogP contribution in [0.2, 0.25) is 0 Å². The maximum Gasteiger partial charge on any atom is 0.335 e. The maximum atomic E-state index is 12.3. The van der Waals surface area contributed by atoms with Crippen LogP contribution in [0.5, 0.6) is 0 Å². The molecule has 2 aromatic rings. The molecule has 3 rings (SSSR count). The predicted octanol–water partition coefficient (Wildman–Crippen LogP) is 1.58. The van der Waals surface area contributed by atoms with Gasteiger partial charge in [-0.05, 0) is 30.3 Å². The molecule has 1 aliphatic rings. The van der Waals surface area contributed by atoms with Gasteiger partial charge in [-0.25, -0.2) is 4.79 Å². The number of hydrogen-bond donors (Lipinski definition) is 1. The van der Waals surface area contributed by atoms with E-state index in [4.69, 9.17) is 5.11 Å². The van der Waals surface area contributed by atoms with Crippen molar-refractivity contribution in [1.29, 1.82) is 0 Å². The van der Waals surface area contributed by atoms with Crippen LogP contribution in [-0.4, -0.2) is 32.8 Å². The van der Waals surface area contributed by atoms with Crippen molar-refractivity contribution in [3.63, 3.8) is 0 Å². The van der Waals surface area contributed by atoms with Crippen molar-refractivity contribution in [1.82, 2.24) is 9.88 Å². The number of hydrogen-bond acceptors (Lipinski definition) is 4. The topological polar surface area (TPSA) is 87.6 Å². The van der Waals surface area contributed by atoms with E-state index in [2.05, 4.69) is 4.98 Å². The number of carbonyl (C=O) groups is 3. The second-order valence-corrected chi connectivity index (χ2v) is 4.58. The van der Waals surface area contributed by atoms with Gasteiger partial charge in [0, 0.05) is 6.20 Å². The molecule has 104 valence electrons. The number of imide groups is 1. The summed E-state index contributed by atoms with van der Waals surface area (Å²) in [6.07, 6.45) is 1.58. The molecule has 2 amide bonds. The molecule has 6 nitrogen and oxygen atoms in total. The molecular weight excluding hydrogens is 272 g/mol. The van der Waals surface area contributed by atoms with Crippen LogP contribution >= 0.6 is 0 Å². The van der Waals surface area contributed by atoms with Crippen LogP contribution in [0.15, 0.2) is 42.6 Å². The van der Waals surface area contributed by atoms with Gasteiger partial charge in [-0.1, -0.05) is 6.07 Å². The van der Waals surface area contributed by atoms with Gasteiger partial charge in [0.05, 0.1) is 28.9 Å². The second-order valence-electron chi connectivity index (χ2n) is 4.58. The van der Waals surface area contributed by atoms with Crippen LogP contribution in [0.25, 0.3) is 0 Å². The van der Waals surface area contributed by atoms with Crippen LogP contribution in [0, 0.1) is 0 Å². The normalized spacial score (nSPS) is 13.4. The summed E-state index contributed by atoms with van der Waals surface area (Å²) in [6.45, 7) is 0.0651. The number of carboxylic acid groups (broad SMARTS) is 1. The fraction of sp³-hybridized carbons (Fsp3) is 0.0667. The highest BCUT2D eigenvalue weighted by molar-refractivity contribution is 6.21. The molecule has 0 bridgehead atoms. The maximum absolute atomic E-state index is 12.3. The lowest BCUT2D eigenvalue weighted by atomic mass is 10.1. The van der Waals surface area contributed by atoms with Crippen molar-refractivity contribution in [3.05, 3.63) is 65.0 Å². The third kappa shape index (κ3) is 2.16. The van der Waals surface area contributed by atoms with Gasteiger partial charge in [-0.15, -0.1) is 0 Å². The van der Waals surface area contributed by atoms with Crippen molar-refractivity contribution in [2.75, 3.05) is 0 Å². The van der Waals surface area contributed by atoms with Gasteiger partial charge >= 0.3 is 5.97 Å². The van der Waals surface area contributed by atoms with Gasteiger partial charge in [0.1, 0.15) is 0 Å². The van der Waals surface area contributed by atoms with Gasteiger partial charge in [-0.3, -0.25) is 19.5 Å². The lowest BCUT2D eigenvalue weighted by molar-refractivity contribution is 0.0639. The number of carboxylic acids is 1. The first-order valence-corrected chi connectivity index (χ1v) is 6.21. The Morgan fingerprint density at radius 2 is 1.86 bits per heavy atom. The predicted molar refractivity (Wildman–Crippen MR) is 71.8 cm³/mol. The van der Waals surface area contributed by atoms with Gasteiger partial charge in [-0.2, -0.15) is 0 Å². The number of aromatic carboxylic acids is 1. The Morgan fingerprint density at radius 1 is 1.10 bits per heavy atom. The lowest BCUT2D eigenvalue weighted by Crippen LogP contribution is -2.29. The average Bonchev–Trinajstić information content (AvgIpc) is 2.73. The van der Waals surface area contributed by atoms with E-state index in [9.17, 15) is 14.4 Å². The molecule has 0 unspecified atom stereocenters. The minimum Gasteiger partial charge on any atom is -0.478 e. The van der Waals surface area contributed by atoms with Gasteiger partial charge in [0.15, 0.2) is 0 Å². The van der Waals surface area contributed by atoms with Crippen LogP contribution in [0.4, 0.5) is 0 Å². The largest absolute Gasteiger partial charge is 0.478 e. The van der Waals surface area contributed by atoms with Crippen LogP contribution in [0.1, 0.15) is 36.8 Å². The Balaban J connectivity index is 1.95. The molecule has 1 aromatic heterocycles. The van der Waals surface area contributed by atoms with Crippen molar-refractivity contribution in [3.8, 4) is 0 Å². The molecule has 6 heteroatoms. The van der Waals surface area contributed by atoms with Crippen molar-refractivity contribution in [2.24, 2.45) is 0 Å². The Kier molecular flexibility index (Phi) is 2.98. The Hall–Kier alpha value is -3.02. The summed E-state index contributed by atoms with van der Waals surface area (Å²) < 4.78 is 0. The van der Waals surface area contributed by atoms with E-state index in [0.717, 1.165) is 4.90 Å². The highest BCUT2D eigenvalue weighted by Crippen LogP contribution is 2.25. The van der Waals surface area contributed by atoms with E-state index < -0.39 is 17.8 Å². The van der Waals surface area contributed by atoms with Crippen molar-refractivity contribution < 1.29 is 19.5 Å². The summed E-state index contributed by atoms with van der Waals surface area (Å²) in [5.41, 5.74) is 0.914. The molecular formula is C15H10N2O4. The number of amides is 2. The van der Waals surface area contributed by atoms with E-state index >= 15 is 0 Å². The Bertz CT molecular complexity index is 756. The van der Waals surface area contributed by atoms with E-state index in [-0.39, 0.29) is 23.2 Å². The molecule has 2 heterocycles.